The molecule has 11 atom stereocenters. The summed E-state index contributed by atoms with van der Waals surface area (Å²) in [5.41, 5.74) is 29.4. The molecule has 1 saturated heterocycles. The second-order valence-electron chi connectivity index (χ2n) is 8.95. The summed E-state index contributed by atoms with van der Waals surface area (Å²) in [5.74, 6) is 0. The van der Waals surface area contributed by atoms with Crippen LogP contribution in [0.25, 0.3) is 0 Å². The summed E-state index contributed by atoms with van der Waals surface area (Å²) in [4.78, 5) is 0. The van der Waals surface area contributed by atoms with Crippen LogP contribution in [0.4, 0.5) is 0 Å². The summed E-state index contributed by atoms with van der Waals surface area (Å²) in [6.07, 6.45) is -4.40. The summed E-state index contributed by atoms with van der Waals surface area (Å²) in [6, 6.07) is -2.32. The normalized spacial score (nSPS) is 40.6. The topological polar surface area (TPSA) is 251 Å². The Morgan fingerprint density at radius 1 is 0.970 bits per heavy atom. The number of hydrogen-bond acceptors (Lipinski definition) is 13. The zero-order valence-corrected chi connectivity index (χ0v) is 19.1. The van der Waals surface area contributed by atoms with Gasteiger partial charge in [0, 0.05) is 31.2 Å². The zero-order chi connectivity index (χ0) is 24.5. The van der Waals surface area contributed by atoms with Crippen molar-refractivity contribution in [1.29, 1.82) is 0 Å². The smallest absolute Gasteiger partial charge is 0.176 e. The molecule has 0 aromatic rings. The standard InChI is InChI=1S/C20H44N6O7/c21-4-2-1-3-10(9-27)26-5-6-31-19-15(28)11(23)7-12(24)18(19)33-20-14(25)17(30)16(29)13(8-22)32-20/h10-20,26-30H,1-9,21-25H2/t10-,11-,12+,13-,14-,15+,16-,17-,18-,19-,20-/m1/s1. The van der Waals surface area contributed by atoms with Gasteiger partial charge in [-0.2, -0.15) is 0 Å². The van der Waals surface area contributed by atoms with Gasteiger partial charge in [-0.15, -0.1) is 0 Å². The van der Waals surface area contributed by atoms with E-state index in [4.69, 9.17) is 42.9 Å². The lowest BCUT2D eigenvalue weighted by atomic mass is 9.84. The highest BCUT2D eigenvalue weighted by atomic mass is 16.7. The first-order chi connectivity index (χ1) is 15.7. The third-order valence-electron chi connectivity index (χ3n) is 6.41. The highest BCUT2D eigenvalue weighted by Crippen LogP contribution is 2.28. The Labute approximate surface area is 194 Å². The first kappa shape index (κ1) is 28.7. The second kappa shape index (κ2) is 14.1. The Morgan fingerprint density at radius 2 is 1.70 bits per heavy atom. The molecule has 0 unspecified atom stereocenters. The average molecular weight is 481 g/mol. The number of hydrogen-bond donors (Lipinski definition) is 10. The Bertz CT molecular complexity index is 551. The maximum absolute atomic E-state index is 10.7. The predicted octanol–water partition coefficient (Wildman–Crippen LogP) is -5.01. The molecule has 15 N–H and O–H groups in total. The molecule has 1 saturated carbocycles. The fourth-order valence-electron chi connectivity index (χ4n) is 4.32. The third kappa shape index (κ3) is 7.73. The summed E-state index contributed by atoms with van der Waals surface area (Å²) in [6.45, 7) is 1.19. The van der Waals surface area contributed by atoms with E-state index in [0.29, 0.717) is 13.1 Å². The number of ether oxygens (including phenoxy) is 3. The molecule has 33 heavy (non-hydrogen) atoms. The van der Waals surface area contributed by atoms with Crippen LogP contribution in [0.1, 0.15) is 25.7 Å². The van der Waals surface area contributed by atoms with Crippen molar-refractivity contribution in [3.05, 3.63) is 0 Å². The molecule has 0 radical (unpaired) electrons. The molecule has 2 rings (SSSR count). The third-order valence-corrected chi connectivity index (χ3v) is 6.41. The van der Waals surface area contributed by atoms with E-state index < -0.39 is 61.0 Å². The van der Waals surface area contributed by atoms with Gasteiger partial charge in [0.15, 0.2) is 6.29 Å². The Balaban J connectivity index is 1.97. The van der Waals surface area contributed by atoms with Crippen LogP contribution in [0.5, 0.6) is 0 Å². The molecule has 1 aliphatic carbocycles. The van der Waals surface area contributed by atoms with Crippen LogP contribution in [0.2, 0.25) is 0 Å². The van der Waals surface area contributed by atoms with Crippen molar-refractivity contribution >= 4 is 0 Å². The minimum Gasteiger partial charge on any atom is -0.395 e. The molecule has 0 bridgehead atoms. The minimum atomic E-state index is -1.30. The van der Waals surface area contributed by atoms with Crippen LogP contribution in [-0.2, 0) is 14.2 Å². The molecule has 2 aliphatic rings. The quantitative estimate of drug-likeness (QED) is 0.111. The largest absolute Gasteiger partial charge is 0.395 e. The van der Waals surface area contributed by atoms with E-state index in [1.165, 1.54) is 0 Å². The molecule has 1 aliphatic heterocycles. The van der Waals surface area contributed by atoms with E-state index in [1.54, 1.807) is 0 Å². The van der Waals surface area contributed by atoms with Gasteiger partial charge in [-0.05, 0) is 25.8 Å². The molecular weight excluding hydrogens is 436 g/mol. The number of nitrogens with two attached hydrogens (primary N) is 5. The van der Waals surface area contributed by atoms with Gasteiger partial charge in [0.25, 0.3) is 0 Å². The molecule has 1 heterocycles. The lowest BCUT2D eigenvalue weighted by molar-refractivity contribution is -0.291. The van der Waals surface area contributed by atoms with Crippen molar-refractivity contribution in [3.8, 4) is 0 Å². The van der Waals surface area contributed by atoms with Gasteiger partial charge in [-0.25, -0.2) is 0 Å². The minimum absolute atomic E-state index is 0.00843. The maximum Gasteiger partial charge on any atom is 0.176 e. The van der Waals surface area contributed by atoms with E-state index in [2.05, 4.69) is 5.32 Å². The van der Waals surface area contributed by atoms with Crippen LogP contribution in [0.15, 0.2) is 0 Å². The lowest BCUT2D eigenvalue weighted by Gasteiger charge is -2.46. The average Bonchev–Trinajstić information content (AvgIpc) is 2.80. The van der Waals surface area contributed by atoms with E-state index >= 15 is 0 Å². The summed E-state index contributed by atoms with van der Waals surface area (Å²) < 4.78 is 17.6. The van der Waals surface area contributed by atoms with Crippen molar-refractivity contribution in [3.63, 3.8) is 0 Å². The van der Waals surface area contributed by atoms with Crippen LogP contribution in [-0.4, -0.2) is 120 Å². The maximum atomic E-state index is 10.7. The van der Waals surface area contributed by atoms with Gasteiger partial charge in [0.2, 0.25) is 0 Å². The van der Waals surface area contributed by atoms with Gasteiger partial charge in [0.1, 0.15) is 30.5 Å². The van der Waals surface area contributed by atoms with Gasteiger partial charge in [-0.3, -0.25) is 0 Å². The van der Waals surface area contributed by atoms with E-state index in [-0.39, 0.29) is 32.2 Å². The Hall–Kier alpha value is -0.520. The van der Waals surface area contributed by atoms with Crippen molar-refractivity contribution < 1.29 is 34.6 Å². The van der Waals surface area contributed by atoms with Crippen LogP contribution >= 0.6 is 0 Å². The predicted molar refractivity (Wildman–Crippen MR) is 121 cm³/mol. The second-order valence-corrected chi connectivity index (χ2v) is 8.95. The summed E-state index contributed by atoms with van der Waals surface area (Å²) in [7, 11) is 0. The van der Waals surface area contributed by atoms with Gasteiger partial charge >= 0.3 is 0 Å². The molecule has 196 valence electrons. The monoisotopic (exact) mass is 480 g/mol. The molecule has 13 nitrogen and oxygen atoms in total. The number of unbranched alkanes of at least 4 members (excludes halogenated alkanes) is 1. The number of aliphatic hydroxyl groups is 4. The van der Waals surface area contributed by atoms with Crippen molar-refractivity contribution in [2.45, 2.75) is 92.8 Å². The van der Waals surface area contributed by atoms with Crippen LogP contribution in [0, 0.1) is 0 Å². The zero-order valence-electron chi connectivity index (χ0n) is 19.1. The van der Waals surface area contributed by atoms with Gasteiger partial charge in [0.05, 0.1) is 25.4 Å². The summed E-state index contributed by atoms with van der Waals surface area (Å²) in [5, 5.41) is 43.7. The van der Waals surface area contributed by atoms with Crippen molar-refractivity contribution in [1.82, 2.24) is 5.32 Å². The lowest BCUT2D eigenvalue weighted by Crippen LogP contribution is -2.67. The molecule has 0 aromatic carbocycles. The van der Waals surface area contributed by atoms with E-state index in [9.17, 15) is 20.4 Å². The Morgan fingerprint density at radius 3 is 2.33 bits per heavy atom. The first-order valence-corrected chi connectivity index (χ1v) is 11.7. The van der Waals surface area contributed by atoms with Crippen molar-refractivity contribution in [2.24, 2.45) is 28.7 Å². The molecular formula is C20H44N6O7. The number of nitrogens with one attached hydrogen (secondary N) is 1. The highest BCUT2D eigenvalue weighted by molar-refractivity contribution is 5.00. The van der Waals surface area contributed by atoms with Crippen LogP contribution in [0.3, 0.4) is 0 Å². The number of rotatable bonds is 13. The molecule has 0 amide bonds. The Kier molecular flexibility index (Phi) is 12.3. The molecule has 0 aromatic heterocycles. The van der Waals surface area contributed by atoms with E-state index in [1.807, 2.05) is 0 Å². The highest BCUT2D eigenvalue weighted by Gasteiger charge is 2.48. The van der Waals surface area contributed by atoms with Gasteiger partial charge < -0.3 is 68.6 Å². The fourth-order valence-corrected chi connectivity index (χ4v) is 4.32. The van der Waals surface area contributed by atoms with Crippen LogP contribution < -0.4 is 34.0 Å². The number of aliphatic hydroxyl groups excluding tert-OH is 4. The fraction of sp³-hybridized carbons (Fsp3) is 1.00. The SMILES string of the molecule is NCCCC[C@H](CO)NCCO[C@@H]1[C@@H](O)[C@H](N)C[C@H](N)[C@H]1O[C@H]1O[C@H](CN)[C@@H](O)[C@H](O)[C@H]1N. The first-order valence-electron chi connectivity index (χ1n) is 11.7. The molecule has 13 heteroatoms. The van der Waals surface area contributed by atoms with Crippen molar-refractivity contribution in [2.75, 3.05) is 32.8 Å². The molecule has 2 fully saturated rings. The summed E-state index contributed by atoms with van der Waals surface area (Å²) >= 11 is 0. The van der Waals surface area contributed by atoms with E-state index in [0.717, 1.165) is 19.3 Å². The van der Waals surface area contributed by atoms with Gasteiger partial charge in [-0.1, -0.05) is 6.42 Å². The molecule has 0 spiro atoms.